The summed E-state index contributed by atoms with van der Waals surface area (Å²) in [5, 5.41) is 19.3. The van der Waals surface area contributed by atoms with Crippen LogP contribution in [0.25, 0.3) is 32.1 Å². The van der Waals surface area contributed by atoms with Gasteiger partial charge in [-0.25, -0.2) is 13.2 Å². The van der Waals surface area contributed by atoms with Crippen molar-refractivity contribution in [2.24, 2.45) is 5.41 Å². The van der Waals surface area contributed by atoms with E-state index in [2.05, 4.69) is 9.97 Å². The van der Waals surface area contributed by atoms with E-state index in [1.807, 2.05) is 11.0 Å². The Kier molecular flexibility index (Phi) is 7.48. The van der Waals surface area contributed by atoms with E-state index in [4.69, 9.17) is 10.5 Å². The Morgan fingerprint density at radius 1 is 1.10 bits per heavy atom. The number of nitrogens with zero attached hydrogens (tertiary/aromatic N) is 5. The molecular formula is C34H32F6N6O2S. The van der Waals surface area contributed by atoms with E-state index in [1.165, 1.54) is 0 Å². The third kappa shape index (κ3) is 5.17. The molecule has 4 aliphatic rings. The summed E-state index contributed by atoms with van der Waals surface area (Å²) >= 11 is 0.695. The molecule has 2 atom stereocenters. The molecule has 0 amide bonds. The van der Waals surface area contributed by atoms with E-state index in [0.29, 0.717) is 63.1 Å². The van der Waals surface area contributed by atoms with Gasteiger partial charge in [0.2, 0.25) is 0 Å². The fourth-order valence-electron chi connectivity index (χ4n) is 8.68. The molecule has 1 spiro atoms. The minimum absolute atomic E-state index is 0.0206. The van der Waals surface area contributed by atoms with Gasteiger partial charge in [0, 0.05) is 42.4 Å². The highest BCUT2D eigenvalue weighted by molar-refractivity contribution is 7.23. The molecular weight excluding hydrogens is 670 g/mol. The normalized spacial score (nSPS) is 24.1. The Bertz CT molecular complexity index is 2030. The van der Waals surface area contributed by atoms with E-state index in [1.54, 1.807) is 4.90 Å². The molecule has 49 heavy (non-hydrogen) atoms. The summed E-state index contributed by atoms with van der Waals surface area (Å²) in [5.41, 5.74) is 2.05. The maximum absolute atomic E-state index is 17.0. The molecule has 4 aromatic rings. The van der Waals surface area contributed by atoms with Gasteiger partial charge in [0.05, 0.1) is 27.5 Å². The predicted molar refractivity (Wildman–Crippen MR) is 172 cm³/mol. The Morgan fingerprint density at radius 3 is 2.55 bits per heavy atom. The molecule has 2 aromatic carbocycles. The second kappa shape index (κ2) is 11.3. The highest BCUT2D eigenvalue weighted by atomic mass is 32.1. The Hall–Kier alpha value is -3.87. The van der Waals surface area contributed by atoms with Gasteiger partial charge in [-0.3, -0.25) is 4.90 Å². The van der Waals surface area contributed by atoms with Gasteiger partial charge in [0.1, 0.15) is 41.0 Å². The highest BCUT2D eigenvalue weighted by Crippen LogP contribution is 2.51. The maximum atomic E-state index is 17.0. The standard InChI is InChI=1S/C34H32F6N6O2S/c35-17-11-33(4-1-7-46(33)15-17)16-48-31-43-27-20(30(44-31)45-8-5-32(6-9-45)12-18(47)13-32)10-22(34(38,39)40)25(26(27)37)19-2-3-23(36)28-24(19)21(14-41)29(42)49-28/h2-3,10,17-18,47H,1,4-9,11-13,15-16,42H2. The molecule has 2 unspecified atom stereocenters. The molecule has 5 heterocycles. The van der Waals surface area contributed by atoms with Crippen LogP contribution in [0.5, 0.6) is 6.01 Å². The van der Waals surface area contributed by atoms with E-state index < -0.39 is 46.2 Å². The number of thiophene rings is 1. The van der Waals surface area contributed by atoms with Crippen molar-refractivity contribution in [1.82, 2.24) is 14.9 Å². The summed E-state index contributed by atoms with van der Waals surface area (Å²) in [6.07, 6.45) is -2.05. The molecule has 3 saturated heterocycles. The Morgan fingerprint density at radius 2 is 1.86 bits per heavy atom. The number of nitrogens with two attached hydrogens (primary N) is 1. The molecule has 0 bridgehead atoms. The fraction of sp³-hybridized carbons (Fsp3) is 0.500. The van der Waals surface area contributed by atoms with Gasteiger partial charge in [-0.1, -0.05) is 6.07 Å². The monoisotopic (exact) mass is 702 g/mol. The van der Waals surface area contributed by atoms with Crippen LogP contribution in [0, 0.1) is 28.4 Å². The first-order valence-electron chi connectivity index (χ1n) is 16.3. The van der Waals surface area contributed by atoms with Crippen LogP contribution in [-0.4, -0.2) is 70.6 Å². The molecule has 0 radical (unpaired) electrons. The number of aliphatic hydroxyl groups is 1. The number of aliphatic hydroxyl groups excluding tert-OH is 1. The number of nitrogen functional groups attached to an aromatic ring is 1. The molecule has 8 nitrogen and oxygen atoms in total. The number of ether oxygens (including phenoxy) is 1. The Labute approximate surface area is 281 Å². The van der Waals surface area contributed by atoms with Crippen molar-refractivity contribution in [2.45, 2.75) is 68.9 Å². The van der Waals surface area contributed by atoms with Gasteiger partial charge < -0.3 is 20.5 Å². The fourth-order valence-corrected chi connectivity index (χ4v) is 9.63. The van der Waals surface area contributed by atoms with Crippen molar-refractivity contribution in [3.8, 4) is 23.2 Å². The second-order valence-electron chi connectivity index (χ2n) is 14.0. The van der Waals surface area contributed by atoms with Crippen LogP contribution < -0.4 is 15.4 Å². The lowest BCUT2D eigenvalue weighted by Crippen LogP contribution is -2.49. The molecule has 1 aliphatic carbocycles. The number of halogens is 6. The van der Waals surface area contributed by atoms with Gasteiger partial charge in [0.15, 0.2) is 5.82 Å². The summed E-state index contributed by atoms with van der Waals surface area (Å²) in [6, 6.07) is 4.33. The van der Waals surface area contributed by atoms with Crippen LogP contribution >= 0.6 is 11.3 Å². The lowest BCUT2D eigenvalue weighted by molar-refractivity contribution is -0.137. The lowest BCUT2D eigenvalue weighted by atomic mass is 9.61. The minimum Gasteiger partial charge on any atom is -0.461 e. The molecule has 3 aliphatic heterocycles. The molecule has 4 fully saturated rings. The van der Waals surface area contributed by atoms with E-state index in [9.17, 15) is 32.3 Å². The molecule has 258 valence electrons. The van der Waals surface area contributed by atoms with Crippen molar-refractivity contribution in [2.75, 3.05) is 43.4 Å². The van der Waals surface area contributed by atoms with Gasteiger partial charge in [-0.05, 0) is 68.2 Å². The summed E-state index contributed by atoms with van der Waals surface area (Å²) < 4.78 is 97.2. The first-order chi connectivity index (χ1) is 23.3. The van der Waals surface area contributed by atoms with Gasteiger partial charge in [0.25, 0.3) is 0 Å². The molecule has 3 N–H and O–H groups in total. The number of anilines is 2. The minimum atomic E-state index is -5.07. The van der Waals surface area contributed by atoms with E-state index in [0.717, 1.165) is 24.6 Å². The number of hydrogen-bond donors (Lipinski definition) is 2. The zero-order valence-corrected chi connectivity index (χ0v) is 27.0. The van der Waals surface area contributed by atoms with Crippen molar-refractivity contribution in [1.29, 1.82) is 5.26 Å². The quantitative estimate of drug-likeness (QED) is 0.215. The first-order valence-corrected chi connectivity index (χ1v) is 17.1. The number of hydrogen-bond acceptors (Lipinski definition) is 9. The summed E-state index contributed by atoms with van der Waals surface area (Å²) in [7, 11) is 0. The molecule has 2 aromatic heterocycles. The van der Waals surface area contributed by atoms with Crippen LogP contribution in [-0.2, 0) is 6.18 Å². The van der Waals surface area contributed by atoms with Crippen LogP contribution in [0.2, 0.25) is 0 Å². The average molecular weight is 703 g/mol. The Balaban J connectivity index is 1.31. The number of nitriles is 1. The van der Waals surface area contributed by atoms with Crippen LogP contribution in [0.1, 0.15) is 56.1 Å². The molecule has 15 heteroatoms. The average Bonchev–Trinajstić information content (AvgIpc) is 3.69. The number of fused-ring (bicyclic) bond motifs is 3. The summed E-state index contributed by atoms with van der Waals surface area (Å²) in [4.78, 5) is 12.7. The van der Waals surface area contributed by atoms with E-state index in [-0.39, 0.29) is 74.5 Å². The third-order valence-corrected chi connectivity index (χ3v) is 12.1. The third-order valence-electron chi connectivity index (χ3n) is 11.1. The molecule has 8 rings (SSSR count). The first kappa shape index (κ1) is 32.3. The van der Waals surface area contributed by atoms with Crippen molar-refractivity contribution < 1.29 is 36.2 Å². The largest absolute Gasteiger partial charge is 0.461 e. The van der Waals surface area contributed by atoms with Crippen LogP contribution in [0.4, 0.5) is 37.2 Å². The summed E-state index contributed by atoms with van der Waals surface area (Å²) in [6.45, 7) is 1.82. The van der Waals surface area contributed by atoms with Gasteiger partial charge in [-0.15, -0.1) is 11.3 Å². The number of piperidine rings is 1. The smallest absolute Gasteiger partial charge is 0.417 e. The van der Waals surface area contributed by atoms with Crippen molar-refractivity contribution >= 4 is 43.1 Å². The highest BCUT2D eigenvalue weighted by Gasteiger charge is 2.50. The number of benzene rings is 2. The zero-order chi connectivity index (χ0) is 34.5. The second-order valence-corrected chi connectivity index (χ2v) is 15.1. The summed E-state index contributed by atoms with van der Waals surface area (Å²) in [5.74, 6) is -2.07. The maximum Gasteiger partial charge on any atom is 0.417 e. The predicted octanol–water partition coefficient (Wildman–Crippen LogP) is 6.96. The zero-order valence-electron chi connectivity index (χ0n) is 26.2. The van der Waals surface area contributed by atoms with Crippen molar-refractivity contribution in [3.63, 3.8) is 0 Å². The van der Waals surface area contributed by atoms with Gasteiger partial charge >= 0.3 is 12.2 Å². The van der Waals surface area contributed by atoms with Gasteiger partial charge in [-0.2, -0.15) is 28.4 Å². The lowest BCUT2D eigenvalue weighted by Gasteiger charge is -2.50. The number of aromatic nitrogens is 2. The topological polar surface area (TPSA) is 112 Å². The van der Waals surface area contributed by atoms with E-state index >= 15 is 4.39 Å². The number of rotatable bonds is 5. The van der Waals surface area contributed by atoms with Crippen LogP contribution in [0.15, 0.2) is 18.2 Å². The molecule has 1 saturated carbocycles. The van der Waals surface area contributed by atoms with Crippen molar-refractivity contribution in [3.05, 3.63) is 41.0 Å². The number of alkyl halides is 4. The van der Waals surface area contributed by atoms with Crippen LogP contribution in [0.3, 0.4) is 0 Å². The SMILES string of the molecule is N#Cc1c(N)sc2c(F)ccc(-c3c(C(F)(F)F)cc4c(N5CCC6(CC5)CC(O)C6)nc(OCC56CCCN5CC(F)C6)nc4c3F)c12.